The van der Waals surface area contributed by atoms with Crippen molar-refractivity contribution in [1.29, 1.82) is 0 Å². The van der Waals surface area contributed by atoms with Gasteiger partial charge in [-0.2, -0.15) is 17.6 Å². The third kappa shape index (κ3) is 6.21. The standard InChI is InChI=1S/C9H11.C9H13.2ClH.Zr/c1-2-5-9-7-3-6-8(9)4-1;1-6-5-7(2)9(4)8(6)3;;;/h1-2,4-6,8-9H,3,7H2;6H,1-4H3;2*1H;/q2*-1;;;+4/p-2. The molecule has 3 heteroatoms. The Kier molecular flexibility index (Phi) is 12.4. The fraction of sp³-hybridized carbons (Fsp3) is 0.500. The Morgan fingerprint density at radius 3 is 2.14 bits per heavy atom. The van der Waals surface area contributed by atoms with Gasteiger partial charge in [0.1, 0.15) is 0 Å². The molecular formula is C18H24Cl2Zr. The maximum atomic E-state index is 3.36. The van der Waals surface area contributed by atoms with Crippen molar-refractivity contribution in [3.05, 3.63) is 53.5 Å². The van der Waals surface area contributed by atoms with E-state index in [0.29, 0.717) is 5.92 Å². The fourth-order valence-corrected chi connectivity index (χ4v) is 2.86. The van der Waals surface area contributed by atoms with E-state index in [-0.39, 0.29) is 51.0 Å². The molecule has 0 aliphatic heterocycles. The van der Waals surface area contributed by atoms with Crippen molar-refractivity contribution >= 4 is 0 Å². The van der Waals surface area contributed by atoms with Crippen LogP contribution in [-0.4, -0.2) is 0 Å². The van der Waals surface area contributed by atoms with Gasteiger partial charge in [-0.05, 0) is 5.92 Å². The van der Waals surface area contributed by atoms with Crippen molar-refractivity contribution in [2.24, 2.45) is 17.8 Å². The van der Waals surface area contributed by atoms with E-state index < -0.39 is 0 Å². The summed E-state index contributed by atoms with van der Waals surface area (Å²) in [4.78, 5) is 0. The third-order valence-corrected chi connectivity index (χ3v) is 4.47. The van der Waals surface area contributed by atoms with Crippen molar-refractivity contribution < 1.29 is 51.0 Å². The number of rotatable bonds is 0. The maximum Gasteiger partial charge on any atom is 4.00 e. The van der Waals surface area contributed by atoms with Crippen LogP contribution in [-0.2, 0) is 26.2 Å². The molecule has 3 atom stereocenters. The van der Waals surface area contributed by atoms with E-state index in [0.717, 1.165) is 11.8 Å². The van der Waals surface area contributed by atoms with Gasteiger partial charge in [0.15, 0.2) is 0 Å². The van der Waals surface area contributed by atoms with Crippen LogP contribution in [0, 0.1) is 30.3 Å². The second-order valence-corrected chi connectivity index (χ2v) is 5.62. The van der Waals surface area contributed by atoms with Crippen LogP contribution < -0.4 is 24.8 Å². The summed E-state index contributed by atoms with van der Waals surface area (Å²) >= 11 is 0. The summed E-state index contributed by atoms with van der Waals surface area (Å²) in [5.41, 5.74) is 4.25. The molecule has 0 aromatic heterocycles. The van der Waals surface area contributed by atoms with E-state index in [1.165, 1.54) is 29.6 Å². The molecule has 0 nitrogen and oxygen atoms in total. The molecule has 3 unspecified atom stereocenters. The Bertz CT molecular complexity index is 414. The minimum atomic E-state index is 0. The molecule has 0 bridgehead atoms. The van der Waals surface area contributed by atoms with Crippen LogP contribution in [0.15, 0.2) is 41.0 Å². The zero-order valence-corrected chi connectivity index (χ0v) is 17.3. The number of fused-ring (bicyclic) bond motifs is 1. The average Bonchev–Trinajstić information content (AvgIpc) is 2.92. The third-order valence-electron chi connectivity index (χ3n) is 4.47. The topological polar surface area (TPSA) is 0 Å². The van der Waals surface area contributed by atoms with Gasteiger partial charge in [0, 0.05) is 0 Å². The van der Waals surface area contributed by atoms with Gasteiger partial charge in [-0.1, -0.05) is 51.3 Å². The normalized spacial score (nSPS) is 28.4. The molecule has 21 heavy (non-hydrogen) atoms. The molecule has 3 rings (SSSR count). The van der Waals surface area contributed by atoms with E-state index in [4.69, 9.17) is 0 Å². The molecule has 0 aromatic rings. The van der Waals surface area contributed by atoms with Gasteiger partial charge in [0.25, 0.3) is 0 Å². The molecule has 0 aromatic carbocycles. The van der Waals surface area contributed by atoms with Crippen LogP contribution in [0.3, 0.4) is 0 Å². The number of allylic oxidation sites excluding steroid dienone is 8. The number of halogens is 2. The van der Waals surface area contributed by atoms with Crippen molar-refractivity contribution in [3.63, 3.8) is 0 Å². The average molecular weight is 403 g/mol. The van der Waals surface area contributed by atoms with Gasteiger partial charge in [-0.3, -0.25) is 6.08 Å². The van der Waals surface area contributed by atoms with E-state index >= 15 is 0 Å². The summed E-state index contributed by atoms with van der Waals surface area (Å²) < 4.78 is 0. The van der Waals surface area contributed by atoms with Crippen LogP contribution in [0.25, 0.3) is 0 Å². The summed E-state index contributed by atoms with van der Waals surface area (Å²) in [6.07, 6.45) is 17.4. The smallest absolute Gasteiger partial charge is 1.00 e. The zero-order valence-electron chi connectivity index (χ0n) is 13.3. The minimum Gasteiger partial charge on any atom is -1.00 e. The van der Waals surface area contributed by atoms with E-state index in [9.17, 15) is 0 Å². The molecule has 0 saturated heterocycles. The van der Waals surface area contributed by atoms with Gasteiger partial charge < -0.3 is 31.2 Å². The summed E-state index contributed by atoms with van der Waals surface area (Å²) in [6, 6.07) is 0. The number of hydrogen-bond donors (Lipinski definition) is 0. The van der Waals surface area contributed by atoms with E-state index in [1.807, 2.05) is 0 Å². The monoisotopic (exact) mass is 400 g/mol. The Labute approximate surface area is 162 Å². The van der Waals surface area contributed by atoms with Gasteiger partial charge in [-0.15, -0.1) is 18.9 Å². The first-order valence-electron chi connectivity index (χ1n) is 7.05. The fourth-order valence-electron chi connectivity index (χ4n) is 2.86. The molecule has 114 valence electrons. The molecule has 0 amide bonds. The first kappa shape index (κ1) is 23.7. The second kappa shape index (κ2) is 11.0. The van der Waals surface area contributed by atoms with Crippen molar-refractivity contribution in [2.45, 2.75) is 40.5 Å². The largest absolute Gasteiger partial charge is 4.00 e. The van der Waals surface area contributed by atoms with Crippen molar-refractivity contribution in [3.8, 4) is 0 Å². The first-order valence-corrected chi connectivity index (χ1v) is 7.05. The number of hydrogen-bond acceptors (Lipinski definition) is 0. The maximum absolute atomic E-state index is 3.36. The van der Waals surface area contributed by atoms with Gasteiger partial charge in [0.05, 0.1) is 0 Å². The van der Waals surface area contributed by atoms with Crippen LogP contribution in [0.5, 0.6) is 0 Å². The quantitative estimate of drug-likeness (QED) is 0.460. The predicted octanol–water partition coefficient (Wildman–Crippen LogP) is -0.930. The van der Waals surface area contributed by atoms with Crippen LogP contribution in [0.4, 0.5) is 0 Å². The van der Waals surface area contributed by atoms with Crippen LogP contribution in [0.1, 0.15) is 40.5 Å². The van der Waals surface area contributed by atoms with Crippen molar-refractivity contribution in [1.82, 2.24) is 0 Å². The summed E-state index contributed by atoms with van der Waals surface area (Å²) in [5, 5.41) is 0. The van der Waals surface area contributed by atoms with Gasteiger partial charge >= 0.3 is 26.2 Å². The molecule has 1 fully saturated rings. The molecule has 0 spiro atoms. The van der Waals surface area contributed by atoms with E-state index in [2.05, 4.69) is 64.5 Å². The Morgan fingerprint density at radius 1 is 1.10 bits per heavy atom. The molecule has 1 saturated carbocycles. The molecule has 3 aliphatic rings. The first-order chi connectivity index (χ1) is 8.59. The van der Waals surface area contributed by atoms with Gasteiger partial charge in [-0.25, -0.2) is 5.57 Å². The summed E-state index contributed by atoms with van der Waals surface area (Å²) in [5.74, 6) is 2.18. The summed E-state index contributed by atoms with van der Waals surface area (Å²) in [6.45, 7) is 8.67. The Balaban J connectivity index is 0. The molecular weight excluding hydrogens is 378 g/mol. The minimum absolute atomic E-state index is 0. The SMILES string of the molecule is C1=CC2[CH-]CCC2C=C1.CC1=[C-]C(C)C(C)=C1C.[Cl-].[Cl-].[Zr+4]. The zero-order chi connectivity index (χ0) is 13.1. The van der Waals surface area contributed by atoms with Gasteiger partial charge in [0.2, 0.25) is 0 Å². The molecule has 0 radical (unpaired) electrons. The van der Waals surface area contributed by atoms with Crippen LogP contribution in [0.2, 0.25) is 0 Å². The predicted molar refractivity (Wildman–Crippen MR) is 78.8 cm³/mol. The van der Waals surface area contributed by atoms with Crippen LogP contribution >= 0.6 is 0 Å². The summed E-state index contributed by atoms with van der Waals surface area (Å²) in [7, 11) is 0. The Morgan fingerprint density at radius 2 is 1.71 bits per heavy atom. The molecule has 0 N–H and O–H groups in total. The second-order valence-electron chi connectivity index (χ2n) is 5.62. The Hall–Kier alpha value is 0.423. The molecule has 0 heterocycles. The molecule has 3 aliphatic carbocycles. The van der Waals surface area contributed by atoms with E-state index in [1.54, 1.807) is 0 Å². The van der Waals surface area contributed by atoms with Crippen molar-refractivity contribution in [2.75, 3.05) is 0 Å².